The number of nitrogens with one attached hydrogen (secondary N) is 1. The Morgan fingerprint density at radius 2 is 1.89 bits per heavy atom. The molecule has 0 unspecified atom stereocenters. The predicted octanol–water partition coefficient (Wildman–Crippen LogP) is 3.52. The lowest BCUT2D eigenvalue weighted by Gasteiger charge is -2.11. The summed E-state index contributed by atoms with van der Waals surface area (Å²) in [5, 5.41) is 0.104. The van der Waals surface area contributed by atoms with E-state index in [1.54, 1.807) is 24.5 Å². The van der Waals surface area contributed by atoms with Gasteiger partial charge in [0.1, 0.15) is 5.82 Å². The number of ether oxygens (including phenoxy) is 1. The van der Waals surface area contributed by atoms with Gasteiger partial charge < -0.3 is 10.5 Å². The first-order valence-corrected chi connectivity index (χ1v) is 11.7. The average Bonchev–Trinajstić information content (AvgIpc) is 2.85. The molecule has 0 aliphatic heterocycles. The smallest absolute Gasteiger partial charge is 0.267 e. The number of sulfonamides is 1. The third kappa shape index (κ3) is 5.46. The van der Waals surface area contributed by atoms with E-state index in [2.05, 4.69) is 36.5 Å². The first kappa shape index (κ1) is 23.9. The number of hydrogen-bond donors (Lipinski definition) is 2. The molecule has 3 heterocycles. The maximum atomic E-state index is 14.5. The maximum Gasteiger partial charge on any atom is 0.267 e. The van der Waals surface area contributed by atoms with Gasteiger partial charge in [-0.15, -0.1) is 0 Å². The van der Waals surface area contributed by atoms with Gasteiger partial charge in [0.05, 0.1) is 34.6 Å². The van der Waals surface area contributed by atoms with E-state index in [9.17, 15) is 12.8 Å². The van der Waals surface area contributed by atoms with E-state index in [0.29, 0.717) is 16.8 Å². The molecule has 0 saturated carbocycles. The highest BCUT2D eigenvalue weighted by molar-refractivity contribution is 7.92. The number of anilines is 2. The Hall–Kier alpha value is -4.27. The van der Waals surface area contributed by atoms with Crippen LogP contribution in [0.5, 0.6) is 5.88 Å². The summed E-state index contributed by atoms with van der Waals surface area (Å²) in [6, 6.07) is 8.31. The monoisotopic (exact) mass is 510 g/mol. The van der Waals surface area contributed by atoms with Crippen molar-refractivity contribution >= 4 is 33.3 Å². The quantitative estimate of drug-likeness (QED) is 0.390. The molecule has 4 aromatic rings. The van der Waals surface area contributed by atoms with Crippen molar-refractivity contribution in [2.75, 3.05) is 17.6 Å². The molecule has 12 heteroatoms. The zero-order chi connectivity index (χ0) is 25.0. The van der Waals surface area contributed by atoms with Crippen LogP contribution in [0.25, 0.3) is 11.3 Å². The molecule has 0 saturated heterocycles. The summed E-state index contributed by atoms with van der Waals surface area (Å²) < 4.78 is 47.6. The van der Waals surface area contributed by atoms with E-state index < -0.39 is 15.8 Å². The van der Waals surface area contributed by atoms with Gasteiger partial charge in [-0.25, -0.2) is 27.8 Å². The highest BCUT2D eigenvalue weighted by atomic mass is 35.5. The van der Waals surface area contributed by atoms with Crippen LogP contribution in [-0.4, -0.2) is 35.5 Å². The van der Waals surface area contributed by atoms with Crippen molar-refractivity contribution in [2.24, 2.45) is 0 Å². The van der Waals surface area contributed by atoms with Crippen LogP contribution in [0.1, 0.15) is 11.1 Å². The van der Waals surface area contributed by atoms with Crippen LogP contribution in [0.2, 0.25) is 5.02 Å². The molecule has 3 aromatic heterocycles. The van der Waals surface area contributed by atoms with Crippen molar-refractivity contribution in [3.8, 4) is 29.0 Å². The van der Waals surface area contributed by atoms with Crippen molar-refractivity contribution in [3.63, 3.8) is 0 Å². The van der Waals surface area contributed by atoms with Crippen molar-refractivity contribution in [3.05, 3.63) is 83.2 Å². The number of benzene rings is 1. The van der Waals surface area contributed by atoms with Crippen LogP contribution in [-0.2, 0) is 10.0 Å². The number of aromatic nitrogens is 4. The van der Waals surface area contributed by atoms with Gasteiger partial charge in [-0.05, 0) is 36.4 Å². The molecule has 0 aliphatic rings. The Kier molecular flexibility index (Phi) is 6.77. The molecule has 0 fully saturated rings. The minimum atomic E-state index is -4.16. The van der Waals surface area contributed by atoms with E-state index in [1.165, 1.54) is 37.7 Å². The number of halogens is 2. The number of hydrogen-bond acceptors (Lipinski definition) is 8. The first-order valence-electron chi connectivity index (χ1n) is 9.83. The minimum absolute atomic E-state index is 0.0444. The highest BCUT2D eigenvalue weighted by Crippen LogP contribution is 2.27. The molecule has 0 atom stereocenters. The van der Waals surface area contributed by atoms with Crippen molar-refractivity contribution < 1.29 is 17.5 Å². The Bertz CT molecular complexity index is 1570. The van der Waals surface area contributed by atoms with E-state index in [4.69, 9.17) is 22.1 Å². The zero-order valence-electron chi connectivity index (χ0n) is 18.0. The standard InChI is InChI=1S/C23H16ClFN6O3S/c1-34-22-20(10-17(24)13-28-22)35(32,33)31-18-6-7-19(25)14(9-18)4-5-16-12-29-23(26)30-21(16)15-3-2-8-27-11-15/h2-3,6-13,31H,1H3,(H2,26,29,30). The fourth-order valence-corrected chi connectivity index (χ4v) is 4.41. The number of rotatable bonds is 5. The van der Waals surface area contributed by atoms with Crippen LogP contribution in [0.3, 0.4) is 0 Å². The third-order valence-electron chi connectivity index (χ3n) is 4.56. The number of pyridine rings is 2. The van der Waals surface area contributed by atoms with Gasteiger partial charge >= 0.3 is 0 Å². The van der Waals surface area contributed by atoms with Gasteiger partial charge in [-0.3, -0.25) is 9.71 Å². The Balaban J connectivity index is 1.69. The molecular formula is C23H16ClFN6O3S. The average molecular weight is 511 g/mol. The normalized spacial score (nSPS) is 10.8. The summed E-state index contributed by atoms with van der Waals surface area (Å²) in [4.78, 5) is 15.8. The van der Waals surface area contributed by atoms with Crippen LogP contribution < -0.4 is 15.2 Å². The van der Waals surface area contributed by atoms with Crippen LogP contribution in [0.15, 0.2) is 66.1 Å². The molecule has 3 N–H and O–H groups in total. The molecule has 0 bridgehead atoms. The third-order valence-corrected chi connectivity index (χ3v) is 6.14. The fourth-order valence-electron chi connectivity index (χ4n) is 2.99. The second-order valence-corrected chi connectivity index (χ2v) is 9.03. The lowest BCUT2D eigenvalue weighted by atomic mass is 10.1. The molecule has 0 radical (unpaired) electrons. The van der Waals surface area contributed by atoms with E-state index >= 15 is 0 Å². The number of nitrogens with two attached hydrogens (primary N) is 1. The lowest BCUT2D eigenvalue weighted by Crippen LogP contribution is -2.15. The van der Waals surface area contributed by atoms with E-state index in [1.807, 2.05) is 0 Å². The molecular weight excluding hydrogens is 495 g/mol. The van der Waals surface area contributed by atoms with Gasteiger partial charge in [-0.2, -0.15) is 0 Å². The summed E-state index contributed by atoms with van der Waals surface area (Å²) in [5.74, 6) is 4.77. The molecule has 176 valence electrons. The van der Waals surface area contributed by atoms with Crippen LogP contribution in [0, 0.1) is 17.7 Å². The fraction of sp³-hybridized carbons (Fsp3) is 0.0435. The topological polar surface area (TPSA) is 133 Å². The minimum Gasteiger partial charge on any atom is -0.480 e. The van der Waals surface area contributed by atoms with Gasteiger partial charge in [0.15, 0.2) is 4.90 Å². The molecule has 0 spiro atoms. The molecule has 9 nitrogen and oxygen atoms in total. The Morgan fingerprint density at radius 3 is 2.63 bits per heavy atom. The van der Waals surface area contributed by atoms with E-state index in [0.717, 1.165) is 6.07 Å². The summed E-state index contributed by atoms with van der Waals surface area (Å²) in [6.07, 6.45) is 5.87. The Morgan fingerprint density at radius 1 is 1.09 bits per heavy atom. The summed E-state index contributed by atoms with van der Waals surface area (Å²) in [5.41, 5.74) is 7.18. The number of nitrogen functional groups attached to an aromatic ring is 1. The lowest BCUT2D eigenvalue weighted by molar-refractivity contribution is 0.385. The van der Waals surface area contributed by atoms with E-state index in [-0.39, 0.29) is 33.0 Å². The second kappa shape index (κ2) is 9.92. The predicted molar refractivity (Wildman–Crippen MR) is 129 cm³/mol. The highest BCUT2D eigenvalue weighted by Gasteiger charge is 2.22. The molecule has 4 rings (SSSR count). The van der Waals surface area contributed by atoms with Gasteiger partial charge in [-0.1, -0.05) is 23.4 Å². The zero-order valence-corrected chi connectivity index (χ0v) is 19.6. The van der Waals surface area contributed by atoms with Crippen LogP contribution in [0.4, 0.5) is 16.0 Å². The molecule has 0 aliphatic carbocycles. The molecule has 35 heavy (non-hydrogen) atoms. The largest absolute Gasteiger partial charge is 0.480 e. The van der Waals surface area contributed by atoms with Gasteiger partial charge in [0, 0.05) is 30.4 Å². The van der Waals surface area contributed by atoms with Gasteiger partial charge in [0.25, 0.3) is 10.0 Å². The molecule has 0 amide bonds. The van der Waals surface area contributed by atoms with Crippen molar-refractivity contribution in [1.82, 2.24) is 19.9 Å². The summed E-state index contributed by atoms with van der Waals surface area (Å²) >= 11 is 5.89. The van der Waals surface area contributed by atoms with Crippen LogP contribution >= 0.6 is 11.6 Å². The first-order chi connectivity index (χ1) is 16.8. The number of methoxy groups -OCH3 is 1. The van der Waals surface area contributed by atoms with Crippen molar-refractivity contribution in [1.29, 1.82) is 0 Å². The summed E-state index contributed by atoms with van der Waals surface area (Å²) in [7, 11) is -2.88. The Labute approximate surface area is 205 Å². The SMILES string of the molecule is COc1ncc(Cl)cc1S(=O)(=O)Nc1ccc(F)c(C#Cc2cnc(N)nc2-c2cccnc2)c1. The maximum absolute atomic E-state index is 14.5. The number of nitrogens with zero attached hydrogens (tertiary/aromatic N) is 4. The van der Waals surface area contributed by atoms with Crippen molar-refractivity contribution in [2.45, 2.75) is 4.90 Å². The summed E-state index contributed by atoms with van der Waals surface area (Å²) in [6.45, 7) is 0. The molecule has 1 aromatic carbocycles. The second-order valence-electron chi connectivity index (χ2n) is 6.94. The van der Waals surface area contributed by atoms with Gasteiger partial charge in [0.2, 0.25) is 11.8 Å².